The first-order valence-corrected chi connectivity index (χ1v) is 7.94. The van der Waals surface area contributed by atoms with E-state index in [1.807, 2.05) is 0 Å². The maximum atomic E-state index is 12.1. The molecule has 0 heterocycles. The summed E-state index contributed by atoms with van der Waals surface area (Å²) in [6.07, 6.45) is 4.70. The third kappa shape index (κ3) is 12.2. The summed E-state index contributed by atoms with van der Waals surface area (Å²) in [4.78, 5) is 36.5. The molecule has 0 aromatic carbocycles. The van der Waals surface area contributed by atoms with Gasteiger partial charge in [-0.05, 0) is 0 Å². The number of urea groups is 3. The van der Waals surface area contributed by atoms with Gasteiger partial charge >= 0.3 is 18.1 Å². The normalized spacial score (nSPS) is 9.28. The van der Waals surface area contributed by atoms with E-state index in [0.717, 1.165) is 0 Å². The lowest BCUT2D eigenvalue weighted by molar-refractivity contribution is 0.197. The molecule has 0 bridgehead atoms. The molecule has 25 heavy (non-hydrogen) atoms. The number of hydrogen-bond donors (Lipinski definition) is 5. The molecule has 0 aliphatic rings. The Kier molecular flexibility index (Phi) is 12.9. The fraction of sp³-hybridized carbons (Fsp3) is 0.438. The number of carbonyl (C=O) groups excluding carboxylic acids is 3. The first-order chi connectivity index (χ1) is 12.0. The highest BCUT2D eigenvalue weighted by Crippen LogP contribution is 1.89. The molecule has 6 amide bonds. The van der Waals surface area contributed by atoms with E-state index in [9.17, 15) is 14.4 Å². The van der Waals surface area contributed by atoms with E-state index < -0.39 is 0 Å². The predicted molar refractivity (Wildman–Crippen MR) is 98.4 cm³/mol. The summed E-state index contributed by atoms with van der Waals surface area (Å²) in [5, 5.41) is 13.1. The third-order valence-corrected chi connectivity index (χ3v) is 2.83. The number of carbonyl (C=O) groups is 3. The van der Waals surface area contributed by atoms with Crippen molar-refractivity contribution < 1.29 is 14.4 Å². The standard InChI is InChI=1S/C16H28N6O3/c1-4-7-17-14(23)19-10-12-22(16(25)21-9-6-3)13-11-20-15(24)18-8-5-2/h4-6H,1-3,7-13H2,(H,21,25)(H2,17,19,23)(H2,18,20,24). The molecule has 0 atom stereocenters. The Balaban J connectivity index is 4.30. The molecule has 9 nitrogen and oxygen atoms in total. The van der Waals surface area contributed by atoms with E-state index in [4.69, 9.17) is 0 Å². The van der Waals surface area contributed by atoms with Gasteiger partial charge in [-0.3, -0.25) is 0 Å². The first kappa shape index (κ1) is 22.0. The van der Waals surface area contributed by atoms with Crippen LogP contribution in [0.4, 0.5) is 14.4 Å². The Morgan fingerprint density at radius 3 is 1.48 bits per heavy atom. The minimum Gasteiger partial charge on any atom is -0.336 e. The maximum absolute atomic E-state index is 12.1. The Hall–Kier alpha value is -2.97. The van der Waals surface area contributed by atoms with Crippen LogP contribution in [0.2, 0.25) is 0 Å². The van der Waals surface area contributed by atoms with Crippen molar-refractivity contribution in [3.05, 3.63) is 38.0 Å². The van der Waals surface area contributed by atoms with Crippen LogP contribution in [0.25, 0.3) is 0 Å². The van der Waals surface area contributed by atoms with Gasteiger partial charge in [-0.25, -0.2) is 14.4 Å². The molecule has 0 saturated heterocycles. The molecule has 0 fully saturated rings. The zero-order valence-corrected chi connectivity index (χ0v) is 14.5. The minimum atomic E-state index is -0.340. The number of nitrogens with one attached hydrogen (secondary N) is 5. The van der Waals surface area contributed by atoms with Gasteiger partial charge in [0.25, 0.3) is 0 Å². The number of rotatable bonds is 12. The van der Waals surface area contributed by atoms with Gasteiger partial charge < -0.3 is 31.5 Å². The van der Waals surface area contributed by atoms with E-state index in [1.54, 1.807) is 18.2 Å². The summed E-state index contributed by atoms with van der Waals surface area (Å²) >= 11 is 0. The van der Waals surface area contributed by atoms with Crippen LogP contribution in [-0.4, -0.2) is 68.8 Å². The van der Waals surface area contributed by atoms with Crippen LogP contribution >= 0.6 is 0 Å². The lowest BCUT2D eigenvalue weighted by atomic mass is 10.4. The largest absolute Gasteiger partial charge is 0.336 e. The Labute approximate surface area is 148 Å². The Morgan fingerprint density at radius 2 is 1.08 bits per heavy atom. The van der Waals surface area contributed by atoms with Crippen LogP contribution < -0.4 is 26.6 Å². The van der Waals surface area contributed by atoms with Gasteiger partial charge in [0.2, 0.25) is 0 Å². The molecule has 0 aliphatic heterocycles. The first-order valence-electron chi connectivity index (χ1n) is 7.94. The highest BCUT2D eigenvalue weighted by molar-refractivity contribution is 5.76. The van der Waals surface area contributed by atoms with E-state index in [1.165, 1.54) is 4.90 Å². The summed E-state index contributed by atoms with van der Waals surface area (Å²) in [6, 6.07) is -0.983. The van der Waals surface area contributed by atoms with Crippen LogP contribution in [0.1, 0.15) is 0 Å². The molecular weight excluding hydrogens is 324 g/mol. The molecule has 0 rings (SSSR count). The van der Waals surface area contributed by atoms with Crippen molar-refractivity contribution in [2.45, 2.75) is 0 Å². The topological polar surface area (TPSA) is 115 Å². The zero-order chi connectivity index (χ0) is 18.9. The van der Waals surface area contributed by atoms with E-state index in [2.05, 4.69) is 46.3 Å². The molecule has 0 aromatic rings. The Morgan fingerprint density at radius 1 is 0.680 bits per heavy atom. The van der Waals surface area contributed by atoms with Crippen LogP contribution in [0.15, 0.2) is 38.0 Å². The van der Waals surface area contributed by atoms with E-state index >= 15 is 0 Å². The number of hydrogen-bond acceptors (Lipinski definition) is 3. The third-order valence-electron chi connectivity index (χ3n) is 2.83. The van der Waals surface area contributed by atoms with Crippen molar-refractivity contribution in [3.8, 4) is 0 Å². The van der Waals surface area contributed by atoms with Crippen LogP contribution in [0.3, 0.4) is 0 Å². The highest BCUT2D eigenvalue weighted by Gasteiger charge is 2.13. The number of nitrogens with zero attached hydrogens (tertiary/aromatic N) is 1. The molecule has 9 heteroatoms. The second-order valence-electron chi connectivity index (χ2n) is 4.81. The summed E-state index contributed by atoms with van der Waals surface area (Å²) in [6.45, 7) is 12.7. The average molecular weight is 352 g/mol. The monoisotopic (exact) mass is 352 g/mol. The smallest absolute Gasteiger partial charge is 0.317 e. The molecular formula is C16H28N6O3. The van der Waals surface area contributed by atoms with Crippen molar-refractivity contribution >= 4 is 18.1 Å². The molecule has 0 radical (unpaired) electrons. The van der Waals surface area contributed by atoms with E-state index in [0.29, 0.717) is 32.7 Å². The van der Waals surface area contributed by atoms with Crippen molar-refractivity contribution in [2.75, 3.05) is 45.8 Å². The predicted octanol–water partition coefficient (Wildman–Crippen LogP) is 0.154. The fourth-order valence-electron chi connectivity index (χ4n) is 1.65. The summed E-state index contributed by atoms with van der Waals surface area (Å²) in [5.41, 5.74) is 0. The average Bonchev–Trinajstić information content (AvgIpc) is 2.61. The summed E-state index contributed by atoms with van der Waals surface area (Å²) in [7, 11) is 0. The molecule has 0 spiro atoms. The van der Waals surface area contributed by atoms with E-state index in [-0.39, 0.29) is 31.2 Å². The second-order valence-corrected chi connectivity index (χ2v) is 4.81. The van der Waals surface area contributed by atoms with Crippen molar-refractivity contribution in [1.29, 1.82) is 0 Å². The molecule has 0 aromatic heterocycles. The van der Waals surface area contributed by atoms with Gasteiger partial charge in [0.1, 0.15) is 0 Å². The SMILES string of the molecule is C=CCNC(=O)NCCN(CCNC(=O)NCC=C)C(=O)NCC=C. The van der Waals surface area contributed by atoms with Crippen LogP contribution in [0, 0.1) is 0 Å². The van der Waals surface area contributed by atoms with Crippen molar-refractivity contribution in [1.82, 2.24) is 31.5 Å². The van der Waals surface area contributed by atoms with Gasteiger partial charge in [0.05, 0.1) is 0 Å². The lowest BCUT2D eigenvalue weighted by Gasteiger charge is -2.23. The molecule has 0 saturated carbocycles. The van der Waals surface area contributed by atoms with Crippen molar-refractivity contribution in [2.24, 2.45) is 0 Å². The Bertz CT molecular complexity index is 437. The molecule has 5 N–H and O–H groups in total. The second kappa shape index (κ2) is 14.6. The van der Waals surface area contributed by atoms with Gasteiger partial charge in [-0.2, -0.15) is 0 Å². The number of amides is 6. The summed E-state index contributed by atoms with van der Waals surface area (Å²) in [5.74, 6) is 0. The quantitative estimate of drug-likeness (QED) is 0.322. The van der Waals surface area contributed by atoms with Gasteiger partial charge in [0.15, 0.2) is 0 Å². The highest BCUT2D eigenvalue weighted by atomic mass is 16.2. The maximum Gasteiger partial charge on any atom is 0.317 e. The summed E-state index contributed by atoms with van der Waals surface area (Å²) < 4.78 is 0. The van der Waals surface area contributed by atoms with Gasteiger partial charge in [-0.1, -0.05) is 18.2 Å². The van der Waals surface area contributed by atoms with Gasteiger partial charge in [-0.15, -0.1) is 19.7 Å². The zero-order valence-electron chi connectivity index (χ0n) is 14.5. The molecule has 0 aliphatic carbocycles. The van der Waals surface area contributed by atoms with Gasteiger partial charge in [0, 0.05) is 45.8 Å². The lowest BCUT2D eigenvalue weighted by Crippen LogP contribution is -2.48. The van der Waals surface area contributed by atoms with Crippen LogP contribution in [0.5, 0.6) is 0 Å². The van der Waals surface area contributed by atoms with Crippen molar-refractivity contribution in [3.63, 3.8) is 0 Å². The molecule has 0 unspecified atom stereocenters. The van der Waals surface area contributed by atoms with Crippen LogP contribution in [-0.2, 0) is 0 Å². The molecule has 140 valence electrons. The minimum absolute atomic E-state index is 0.271. The fourth-order valence-corrected chi connectivity index (χ4v) is 1.65.